The monoisotopic (exact) mass is 369 g/mol. The maximum absolute atomic E-state index is 12.9. The van der Waals surface area contributed by atoms with Crippen LogP contribution >= 0.6 is 0 Å². The van der Waals surface area contributed by atoms with Crippen LogP contribution in [0.2, 0.25) is 0 Å². The van der Waals surface area contributed by atoms with Crippen LogP contribution in [0.3, 0.4) is 0 Å². The smallest absolute Gasteiger partial charge is 0.255 e. The maximum atomic E-state index is 12.9. The molecule has 0 aliphatic heterocycles. The Balaban J connectivity index is 1.48. The summed E-state index contributed by atoms with van der Waals surface area (Å²) in [6, 6.07) is 10.2. The summed E-state index contributed by atoms with van der Waals surface area (Å²) >= 11 is 0. The standard InChI is InChI=1S/C26H27NO/c1-2-19-18-25(19)21-13-8-14-24(16-15-21)27-26(28)23-12-7-6-11-22(17-23)20-9-4-3-5-10-20/h3-5,7-12,14-17,19,25H,2,6,13,18H2,1H3,(H,27,28)/t19-,25+/m0/s1. The summed E-state index contributed by atoms with van der Waals surface area (Å²) in [5.74, 6) is 1.53. The van der Waals surface area contributed by atoms with Gasteiger partial charge in [0.15, 0.2) is 0 Å². The number of hydrogen-bond donors (Lipinski definition) is 1. The number of carbonyl (C=O) groups excluding carboxylic acids is 1. The number of nitrogens with one attached hydrogen (secondary N) is 1. The van der Waals surface area contributed by atoms with Crippen LogP contribution in [0.4, 0.5) is 0 Å². The summed E-state index contributed by atoms with van der Waals surface area (Å²) in [5, 5.41) is 3.08. The lowest BCUT2D eigenvalue weighted by Gasteiger charge is -2.07. The molecule has 2 atom stereocenters. The Morgan fingerprint density at radius 2 is 1.96 bits per heavy atom. The largest absolute Gasteiger partial charge is 0.322 e. The minimum Gasteiger partial charge on any atom is -0.322 e. The number of amides is 1. The molecule has 3 aliphatic carbocycles. The zero-order chi connectivity index (χ0) is 19.3. The molecule has 2 heteroatoms. The average molecular weight is 370 g/mol. The van der Waals surface area contributed by atoms with Crippen LogP contribution in [0.5, 0.6) is 0 Å². The van der Waals surface area contributed by atoms with E-state index in [4.69, 9.17) is 0 Å². The van der Waals surface area contributed by atoms with Gasteiger partial charge < -0.3 is 5.32 Å². The van der Waals surface area contributed by atoms with Crippen LogP contribution in [0.1, 0.15) is 38.2 Å². The molecule has 0 heterocycles. The third kappa shape index (κ3) is 4.33. The van der Waals surface area contributed by atoms with Gasteiger partial charge in [-0.2, -0.15) is 0 Å². The average Bonchev–Trinajstić information content (AvgIpc) is 3.54. The Hall–Kier alpha value is -2.87. The molecule has 3 aliphatic rings. The fraction of sp³-hybridized carbons (Fsp3) is 0.269. The van der Waals surface area contributed by atoms with E-state index < -0.39 is 0 Å². The Labute approximate surface area is 167 Å². The molecule has 0 radical (unpaired) electrons. The molecule has 1 amide bonds. The van der Waals surface area contributed by atoms with Crippen LogP contribution in [-0.4, -0.2) is 5.91 Å². The molecule has 28 heavy (non-hydrogen) atoms. The molecule has 0 saturated heterocycles. The van der Waals surface area contributed by atoms with Gasteiger partial charge in [0.05, 0.1) is 0 Å². The SMILES string of the molecule is CC[C@H]1C[C@H]1C1=CC=C(NC(=O)C2=CC(c3ccccc3)=CCC=C2)C=CC1. The fourth-order valence-electron chi connectivity index (χ4n) is 3.99. The maximum Gasteiger partial charge on any atom is 0.255 e. The predicted octanol–water partition coefficient (Wildman–Crippen LogP) is 5.89. The fourth-order valence-corrected chi connectivity index (χ4v) is 3.99. The second-order valence-corrected chi connectivity index (χ2v) is 7.70. The van der Waals surface area contributed by atoms with Crippen LogP contribution in [0.15, 0.2) is 95.8 Å². The summed E-state index contributed by atoms with van der Waals surface area (Å²) in [7, 11) is 0. The van der Waals surface area contributed by atoms with Crippen LogP contribution in [-0.2, 0) is 4.79 Å². The van der Waals surface area contributed by atoms with Crippen molar-refractivity contribution in [1.29, 1.82) is 0 Å². The number of rotatable bonds is 5. The van der Waals surface area contributed by atoms with Gasteiger partial charge in [-0.25, -0.2) is 0 Å². The summed E-state index contributed by atoms with van der Waals surface area (Å²) in [6.07, 6.45) is 20.9. The lowest BCUT2D eigenvalue weighted by molar-refractivity contribution is -0.116. The molecule has 1 aromatic rings. The van der Waals surface area contributed by atoms with Crippen molar-refractivity contribution in [2.24, 2.45) is 11.8 Å². The van der Waals surface area contributed by atoms with Gasteiger partial charge in [0.1, 0.15) is 0 Å². The van der Waals surface area contributed by atoms with E-state index in [1.54, 1.807) is 0 Å². The molecular weight excluding hydrogens is 342 g/mol. The zero-order valence-corrected chi connectivity index (χ0v) is 16.4. The lowest BCUT2D eigenvalue weighted by atomic mass is 10.0. The van der Waals surface area contributed by atoms with Gasteiger partial charge >= 0.3 is 0 Å². The molecular formula is C26H27NO. The number of allylic oxidation sites excluding steroid dienone is 9. The summed E-state index contributed by atoms with van der Waals surface area (Å²) in [4.78, 5) is 12.9. The second-order valence-electron chi connectivity index (χ2n) is 7.70. The van der Waals surface area contributed by atoms with Crippen molar-refractivity contribution in [2.45, 2.75) is 32.6 Å². The highest BCUT2D eigenvalue weighted by molar-refractivity contribution is 6.00. The minimum atomic E-state index is -0.0643. The Morgan fingerprint density at radius 1 is 1.11 bits per heavy atom. The molecule has 142 valence electrons. The van der Waals surface area contributed by atoms with Crippen molar-refractivity contribution in [3.05, 3.63) is 101 Å². The summed E-state index contributed by atoms with van der Waals surface area (Å²) in [5.41, 5.74) is 5.26. The van der Waals surface area contributed by atoms with Crippen LogP contribution in [0, 0.1) is 11.8 Å². The summed E-state index contributed by atoms with van der Waals surface area (Å²) < 4.78 is 0. The van der Waals surface area contributed by atoms with Crippen molar-refractivity contribution in [3.63, 3.8) is 0 Å². The predicted molar refractivity (Wildman–Crippen MR) is 116 cm³/mol. The van der Waals surface area contributed by atoms with E-state index in [1.807, 2.05) is 42.5 Å². The van der Waals surface area contributed by atoms with Gasteiger partial charge in [-0.05, 0) is 60.5 Å². The molecule has 1 N–H and O–H groups in total. The normalized spacial score (nSPS) is 23.6. The van der Waals surface area contributed by atoms with E-state index in [2.05, 4.69) is 48.7 Å². The number of carbonyl (C=O) groups is 1. The Bertz CT molecular complexity index is 924. The van der Waals surface area contributed by atoms with E-state index in [1.165, 1.54) is 18.4 Å². The van der Waals surface area contributed by atoms with Gasteiger partial charge in [-0.15, -0.1) is 0 Å². The van der Waals surface area contributed by atoms with E-state index in [0.717, 1.165) is 41.5 Å². The molecule has 0 aromatic heterocycles. The Morgan fingerprint density at radius 3 is 2.75 bits per heavy atom. The highest BCUT2D eigenvalue weighted by Crippen LogP contribution is 2.47. The highest BCUT2D eigenvalue weighted by Gasteiger charge is 2.37. The molecule has 4 rings (SSSR count). The number of hydrogen-bond acceptors (Lipinski definition) is 1. The lowest BCUT2D eigenvalue weighted by Crippen LogP contribution is -2.23. The van der Waals surface area contributed by atoms with Crippen molar-refractivity contribution < 1.29 is 4.79 Å². The van der Waals surface area contributed by atoms with Gasteiger partial charge in [0.2, 0.25) is 0 Å². The Kier molecular flexibility index (Phi) is 5.57. The molecule has 0 spiro atoms. The molecule has 0 unspecified atom stereocenters. The minimum absolute atomic E-state index is 0.0643. The van der Waals surface area contributed by atoms with Gasteiger partial charge in [-0.3, -0.25) is 4.79 Å². The first-order chi connectivity index (χ1) is 13.7. The van der Waals surface area contributed by atoms with Gasteiger partial charge in [0, 0.05) is 11.3 Å². The molecule has 1 aromatic carbocycles. The number of benzene rings is 1. The first-order valence-electron chi connectivity index (χ1n) is 10.3. The topological polar surface area (TPSA) is 29.1 Å². The molecule has 2 nitrogen and oxygen atoms in total. The third-order valence-corrected chi connectivity index (χ3v) is 5.76. The molecule has 0 bridgehead atoms. The highest BCUT2D eigenvalue weighted by atomic mass is 16.1. The van der Waals surface area contributed by atoms with Crippen LogP contribution in [0.25, 0.3) is 5.57 Å². The first kappa shape index (κ1) is 18.5. The third-order valence-electron chi connectivity index (χ3n) is 5.76. The van der Waals surface area contributed by atoms with E-state index in [9.17, 15) is 4.79 Å². The summed E-state index contributed by atoms with van der Waals surface area (Å²) in [6.45, 7) is 2.27. The van der Waals surface area contributed by atoms with Crippen molar-refractivity contribution >= 4 is 11.5 Å². The van der Waals surface area contributed by atoms with E-state index in [-0.39, 0.29) is 5.91 Å². The van der Waals surface area contributed by atoms with Gasteiger partial charge in [0.25, 0.3) is 5.91 Å². The van der Waals surface area contributed by atoms with E-state index >= 15 is 0 Å². The zero-order valence-electron chi connectivity index (χ0n) is 16.4. The van der Waals surface area contributed by atoms with E-state index in [0.29, 0.717) is 5.57 Å². The first-order valence-corrected chi connectivity index (χ1v) is 10.3. The quantitative estimate of drug-likeness (QED) is 0.689. The molecule has 1 fully saturated rings. The van der Waals surface area contributed by atoms with Crippen molar-refractivity contribution in [1.82, 2.24) is 5.32 Å². The van der Waals surface area contributed by atoms with Crippen molar-refractivity contribution in [3.8, 4) is 0 Å². The molecule has 1 saturated carbocycles. The van der Waals surface area contributed by atoms with Gasteiger partial charge in [-0.1, -0.05) is 79.6 Å². The van der Waals surface area contributed by atoms with Crippen molar-refractivity contribution in [2.75, 3.05) is 0 Å². The second kappa shape index (κ2) is 8.43. The van der Waals surface area contributed by atoms with Crippen LogP contribution < -0.4 is 5.32 Å².